The van der Waals surface area contributed by atoms with Crippen LogP contribution in [0.3, 0.4) is 0 Å². The van der Waals surface area contributed by atoms with E-state index in [0.717, 1.165) is 28.2 Å². The lowest BCUT2D eigenvalue weighted by molar-refractivity contribution is 0.286. The van der Waals surface area contributed by atoms with Gasteiger partial charge in [-0.25, -0.2) is 4.98 Å². The largest absolute Gasteiger partial charge is 0.485 e. The lowest BCUT2D eigenvalue weighted by atomic mass is 10.1. The highest BCUT2D eigenvalue weighted by Crippen LogP contribution is 2.27. The van der Waals surface area contributed by atoms with Gasteiger partial charge >= 0.3 is 0 Å². The number of para-hydroxylation sites is 3. The minimum absolute atomic E-state index is 0.180. The highest BCUT2D eigenvalue weighted by Gasteiger charge is 2.17. The van der Waals surface area contributed by atoms with Gasteiger partial charge in [-0.3, -0.25) is 0 Å². The van der Waals surface area contributed by atoms with Crippen LogP contribution in [0, 0.1) is 6.92 Å². The molecule has 0 radical (unpaired) electrons. The van der Waals surface area contributed by atoms with Crippen LogP contribution in [-0.4, -0.2) is 9.55 Å². The number of ether oxygens (including phenoxy) is 1. The van der Waals surface area contributed by atoms with Crippen molar-refractivity contribution in [3.8, 4) is 5.75 Å². The molecule has 0 N–H and O–H groups in total. The van der Waals surface area contributed by atoms with E-state index in [2.05, 4.69) is 66.9 Å². The average molecular weight is 342 g/mol. The molecule has 4 rings (SSSR count). The van der Waals surface area contributed by atoms with Crippen molar-refractivity contribution in [1.29, 1.82) is 0 Å². The van der Waals surface area contributed by atoms with E-state index >= 15 is 0 Å². The maximum absolute atomic E-state index is 6.10. The molecule has 1 aromatic heterocycles. The molecule has 0 aliphatic heterocycles. The zero-order valence-electron chi connectivity index (χ0n) is 15.1. The fourth-order valence-electron chi connectivity index (χ4n) is 3.37. The zero-order valence-corrected chi connectivity index (χ0v) is 15.1. The van der Waals surface area contributed by atoms with Crippen molar-refractivity contribution in [3.63, 3.8) is 0 Å². The first kappa shape index (κ1) is 16.4. The van der Waals surface area contributed by atoms with Crippen molar-refractivity contribution >= 4 is 11.0 Å². The molecule has 0 spiro atoms. The number of hydrogen-bond acceptors (Lipinski definition) is 2. The number of aryl methyl sites for hydroxylation is 1. The first-order chi connectivity index (χ1) is 12.7. The van der Waals surface area contributed by atoms with Crippen LogP contribution >= 0.6 is 0 Å². The number of benzene rings is 3. The summed E-state index contributed by atoms with van der Waals surface area (Å²) >= 11 is 0. The van der Waals surface area contributed by atoms with Gasteiger partial charge in [-0.1, -0.05) is 60.7 Å². The minimum atomic E-state index is 0.180. The summed E-state index contributed by atoms with van der Waals surface area (Å²) in [6.45, 7) is 4.71. The molecule has 1 atom stereocenters. The van der Waals surface area contributed by atoms with Gasteiger partial charge in [0.05, 0.1) is 17.1 Å². The van der Waals surface area contributed by atoms with Crippen LogP contribution in [0.4, 0.5) is 0 Å². The predicted octanol–water partition coefficient (Wildman–Crippen LogP) is 5.53. The molecule has 3 aromatic carbocycles. The van der Waals surface area contributed by atoms with Crippen molar-refractivity contribution < 1.29 is 4.74 Å². The van der Waals surface area contributed by atoms with Crippen molar-refractivity contribution in [2.45, 2.75) is 26.5 Å². The fraction of sp³-hybridized carbons (Fsp3) is 0.174. The SMILES string of the molecule is Cc1ccccc1OCc1nc2ccccc2n1C(C)c1ccccc1. The van der Waals surface area contributed by atoms with Gasteiger partial charge in [-0.05, 0) is 43.2 Å². The molecule has 3 nitrogen and oxygen atoms in total. The topological polar surface area (TPSA) is 27.1 Å². The molecular weight excluding hydrogens is 320 g/mol. The molecule has 1 heterocycles. The summed E-state index contributed by atoms with van der Waals surface area (Å²) < 4.78 is 8.38. The van der Waals surface area contributed by atoms with E-state index in [-0.39, 0.29) is 6.04 Å². The number of fused-ring (bicyclic) bond motifs is 1. The maximum atomic E-state index is 6.10. The molecule has 0 aliphatic carbocycles. The molecule has 1 unspecified atom stereocenters. The zero-order chi connectivity index (χ0) is 17.9. The van der Waals surface area contributed by atoms with Gasteiger partial charge in [0.15, 0.2) is 0 Å². The Morgan fingerprint density at radius 3 is 2.38 bits per heavy atom. The lowest BCUT2D eigenvalue weighted by Crippen LogP contribution is -2.13. The number of rotatable bonds is 5. The second-order valence-corrected chi connectivity index (χ2v) is 6.53. The van der Waals surface area contributed by atoms with Gasteiger partial charge in [-0.2, -0.15) is 0 Å². The van der Waals surface area contributed by atoms with Crippen LogP contribution < -0.4 is 4.74 Å². The summed E-state index contributed by atoms with van der Waals surface area (Å²) in [7, 11) is 0. The monoisotopic (exact) mass is 342 g/mol. The Balaban J connectivity index is 1.73. The molecule has 0 amide bonds. The van der Waals surface area contributed by atoms with Crippen LogP contribution in [0.2, 0.25) is 0 Å². The molecule has 26 heavy (non-hydrogen) atoms. The molecule has 0 saturated heterocycles. The number of nitrogens with zero attached hydrogens (tertiary/aromatic N) is 2. The van der Waals surface area contributed by atoms with Crippen molar-refractivity contribution in [3.05, 3.63) is 95.8 Å². The van der Waals surface area contributed by atoms with E-state index in [1.54, 1.807) is 0 Å². The van der Waals surface area contributed by atoms with Crippen LogP contribution in [0.25, 0.3) is 11.0 Å². The standard InChI is InChI=1S/C23H22N2O/c1-17-10-6-9-15-22(17)26-16-23-24-20-13-7-8-14-21(20)25(23)18(2)19-11-4-3-5-12-19/h3-15,18H,16H2,1-2H3. The van der Waals surface area contributed by atoms with Crippen molar-refractivity contribution in [2.24, 2.45) is 0 Å². The van der Waals surface area contributed by atoms with E-state index < -0.39 is 0 Å². The Hall–Kier alpha value is -3.07. The Morgan fingerprint density at radius 2 is 1.58 bits per heavy atom. The fourth-order valence-corrected chi connectivity index (χ4v) is 3.37. The predicted molar refractivity (Wildman–Crippen MR) is 105 cm³/mol. The molecule has 4 aromatic rings. The number of imidazole rings is 1. The van der Waals surface area contributed by atoms with Gasteiger partial charge < -0.3 is 9.30 Å². The van der Waals surface area contributed by atoms with Crippen molar-refractivity contribution in [1.82, 2.24) is 9.55 Å². The van der Waals surface area contributed by atoms with Gasteiger partial charge in [-0.15, -0.1) is 0 Å². The van der Waals surface area contributed by atoms with Gasteiger partial charge in [0.25, 0.3) is 0 Å². The van der Waals surface area contributed by atoms with Crippen molar-refractivity contribution in [2.75, 3.05) is 0 Å². The number of aromatic nitrogens is 2. The highest BCUT2D eigenvalue weighted by atomic mass is 16.5. The third-order valence-electron chi connectivity index (χ3n) is 4.79. The molecular formula is C23H22N2O. The van der Waals surface area contributed by atoms with Gasteiger partial charge in [0.2, 0.25) is 0 Å². The summed E-state index contributed by atoms with van der Waals surface area (Å²) in [5.41, 5.74) is 4.52. The quantitative estimate of drug-likeness (QED) is 0.476. The summed E-state index contributed by atoms with van der Waals surface area (Å²) in [5, 5.41) is 0. The lowest BCUT2D eigenvalue weighted by Gasteiger charge is -2.18. The van der Waals surface area contributed by atoms with Gasteiger partial charge in [0, 0.05) is 0 Å². The van der Waals surface area contributed by atoms with Crippen LogP contribution in [0.5, 0.6) is 5.75 Å². The van der Waals surface area contributed by atoms with Gasteiger partial charge in [0.1, 0.15) is 18.2 Å². The summed E-state index contributed by atoms with van der Waals surface area (Å²) in [4.78, 5) is 4.84. The van der Waals surface area contributed by atoms with Crippen LogP contribution in [0.15, 0.2) is 78.9 Å². The van der Waals surface area contributed by atoms with E-state index in [0.29, 0.717) is 6.61 Å². The number of hydrogen-bond donors (Lipinski definition) is 0. The molecule has 0 fully saturated rings. The average Bonchev–Trinajstić information content (AvgIpc) is 3.06. The maximum Gasteiger partial charge on any atom is 0.148 e. The summed E-state index contributed by atoms with van der Waals surface area (Å²) in [6.07, 6.45) is 0. The molecule has 130 valence electrons. The highest BCUT2D eigenvalue weighted by molar-refractivity contribution is 5.76. The van der Waals surface area contributed by atoms with Crippen LogP contribution in [0.1, 0.15) is 29.9 Å². The molecule has 0 bridgehead atoms. The van der Waals surface area contributed by atoms with E-state index in [1.165, 1.54) is 5.56 Å². The first-order valence-electron chi connectivity index (χ1n) is 8.93. The second-order valence-electron chi connectivity index (χ2n) is 6.53. The Morgan fingerprint density at radius 1 is 0.885 bits per heavy atom. The third kappa shape index (κ3) is 3.08. The normalized spacial score (nSPS) is 12.2. The summed E-state index contributed by atoms with van der Waals surface area (Å²) in [5.74, 6) is 1.84. The molecule has 0 saturated carbocycles. The summed E-state index contributed by atoms with van der Waals surface area (Å²) in [6, 6.07) is 27.0. The smallest absolute Gasteiger partial charge is 0.148 e. The van der Waals surface area contributed by atoms with Crippen LogP contribution in [-0.2, 0) is 6.61 Å². The van der Waals surface area contributed by atoms with E-state index in [9.17, 15) is 0 Å². The van der Waals surface area contributed by atoms with E-state index in [1.807, 2.05) is 30.3 Å². The Labute approximate surface area is 153 Å². The Kier molecular flexibility index (Phi) is 4.44. The molecule has 3 heteroatoms. The van der Waals surface area contributed by atoms with E-state index in [4.69, 9.17) is 9.72 Å². The second kappa shape index (κ2) is 7.04. The molecule has 0 aliphatic rings. The minimum Gasteiger partial charge on any atom is -0.485 e. The Bertz CT molecular complexity index is 1020. The third-order valence-corrected chi connectivity index (χ3v) is 4.79. The first-order valence-corrected chi connectivity index (χ1v) is 8.93.